The molecule has 0 N–H and O–H groups in total. The molecule has 0 bridgehead atoms. The molecule has 1 aromatic carbocycles. The molecule has 2 fully saturated rings. The van der Waals surface area contributed by atoms with Crippen molar-refractivity contribution in [1.29, 1.82) is 0 Å². The Kier molecular flexibility index (Phi) is 4.59. The van der Waals surface area contributed by atoms with Gasteiger partial charge >= 0.3 is 5.97 Å². The van der Waals surface area contributed by atoms with E-state index in [1.54, 1.807) is 17.0 Å². The number of carbonyl (C=O) groups is 4. The molecule has 2 aliphatic heterocycles. The summed E-state index contributed by atoms with van der Waals surface area (Å²) >= 11 is 0. The standard InChI is InChI=1S/C17H18N2O5/c20-14-6-7-15(21)19(14)13-5-3-4-12(10-13)17(23)24-11-16(22)18-8-1-2-9-18/h3-5,10H,1-2,6-9,11H2. The molecule has 7 nitrogen and oxygen atoms in total. The number of rotatable bonds is 4. The molecule has 1 aromatic rings. The molecular weight excluding hydrogens is 312 g/mol. The molecule has 0 aliphatic carbocycles. The third kappa shape index (κ3) is 3.29. The number of anilines is 1. The SMILES string of the molecule is O=C(OCC(=O)N1CCCC1)c1cccc(N2C(=O)CCC2=O)c1. The molecule has 0 aromatic heterocycles. The van der Waals surface area contributed by atoms with E-state index >= 15 is 0 Å². The lowest BCUT2D eigenvalue weighted by molar-refractivity contribution is -0.133. The smallest absolute Gasteiger partial charge is 0.338 e. The molecule has 7 heteroatoms. The molecule has 24 heavy (non-hydrogen) atoms. The topological polar surface area (TPSA) is 84.0 Å². The third-order valence-corrected chi connectivity index (χ3v) is 4.18. The van der Waals surface area contributed by atoms with Crippen LogP contribution in [0.3, 0.4) is 0 Å². The molecule has 0 saturated carbocycles. The number of likely N-dealkylation sites (tertiary alicyclic amines) is 1. The van der Waals surface area contributed by atoms with Crippen LogP contribution in [0.5, 0.6) is 0 Å². The van der Waals surface area contributed by atoms with E-state index in [1.807, 2.05) is 0 Å². The van der Waals surface area contributed by atoms with Crippen molar-refractivity contribution in [3.8, 4) is 0 Å². The second-order valence-electron chi connectivity index (χ2n) is 5.84. The zero-order valence-electron chi connectivity index (χ0n) is 13.2. The molecule has 3 rings (SSSR count). The van der Waals surface area contributed by atoms with Gasteiger partial charge in [0, 0.05) is 25.9 Å². The van der Waals surface area contributed by atoms with Crippen LogP contribution in [0.2, 0.25) is 0 Å². The van der Waals surface area contributed by atoms with Crippen molar-refractivity contribution in [2.24, 2.45) is 0 Å². The van der Waals surface area contributed by atoms with Crippen molar-refractivity contribution in [3.05, 3.63) is 29.8 Å². The van der Waals surface area contributed by atoms with Crippen LogP contribution in [0.4, 0.5) is 5.69 Å². The van der Waals surface area contributed by atoms with Crippen LogP contribution in [-0.2, 0) is 19.1 Å². The first kappa shape index (κ1) is 16.2. The summed E-state index contributed by atoms with van der Waals surface area (Å²) in [5.74, 6) is -1.42. The minimum Gasteiger partial charge on any atom is -0.452 e. The summed E-state index contributed by atoms with van der Waals surface area (Å²) in [6, 6.07) is 6.13. The van der Waals surface area contributed by atoms with Gasteiger partial charge in [-0.15, -0.1) is 0 Å². The van der Waals surface area contributed by atoms with Crippen molar-refractivity contribution in [2.75, 3.05) is 24.6 Å². The van der Waals surface area contributed by atoms with Gasteiger partial charge in [-0.2, -0.15) is 0 Å². The van der Waals surface area contributed by atoms with Crippen molar-refractivity contribution < 1.29 is 23.9 Å². The van der Waals surface area contributed by atoms with E-state index in [9.17, 15) is 19.2 Å². The lowest BCUT2D eigenvalue weighted by Crippen LogP contribution is -2.32. The summed E-state index contributed by atoms with van der Waals surface area (Å²) in [6.45, 7) is 1.10. The molecule has 2 heterocycles. The molecule has 0 unspecified atom stereocenters. The van der Waals surface area contributed by atoms with Crippen molar-refractivity contribution in [3.63, 3.8) is 0 Å². The van der Waals surface area contributed by atoms with Crippen LogP contribution in [0, 0.1) is 0 Å². The molecular formula is C17H18N2O5. The van der Waals surface area contributed by atoms with Crippen molar-refractivity contribution in [2.45, 2.75) is 25.7 Å². The number of hydrogen-bond acceptors (Lipinski definition) is 5. The Hall–Kier alpha value is -2.70. The highest BCUT2D eigenvalue weighted by Gasteiger charge is 2.30. The second kappa shape index (κ2) is 6.82. The predicted molar refractivity (Wildman–Crippen MR) is 84.3 cm³/mol. The molecule has 0 radical (unpaired) electrons. The van der Waals surface area contributed by atoms with Gasteiger partial charge in [0.15, 0.2) is 6.61 Å². The molecule has 2 aliphatic rings. The Morgan fingerprint density at radius 2 is 1.71 bits per heavy atom. The van der Waals surface area contributed by atoms with E-state index < -0.39 is 5.97 Å². The van der Waals surface area contributed by atoms with Gasteiger partial charge in [-0.3, -0.25) is 19.3 Å². The predicted octanol–water partition coefficient (Wildman–Crippen LogP) is 1.12. The highest BCUT2D eigenvalue weighted by molar-refractivity contribution is 6.20. The van der Waals surface area contributed by atoms with Gasteiger partial charge < -0.3 is 9.64 Å². The lowest BCUT2D eigenvalue weighted by atomic mass is 10.2. The molecule has 0 spiro atoms. The number of nitrogens with zero attached hydrogens (tertiary/aromatic N) is 2. The fourth-order valence-corrected chi connectivity index (χ4v) is 2.90. The van der Waals surface area contributed by atoms with E-state index in [-0.39, 0.29) is 42.7 Å². The minimum atomic E-state index is -0.650. The number of hydrogen-bond donors (Lipinski definition) is 0. The Labute approximate surface area is 139 Å². The lowest BCUT2D eigenvalue weighted by Gasteiger charge is -2.16. The Morgan fingerprint density at radius 3 is 2.38 bits per heavy atom. The zero-order chi connectivity index (χ0) is 17.1. The number of imide groups is 1. The fourth-order valence-electron chi connectivity index (χ4n) is 2.90. The van der Waals surface area contributed by atoms with Gasteiger partial charge in [-0.05, 0) is 31.0 Å². The summed E-state index contributed by atoms with van der Waals surface area (Å²) in [6.07, 6.45) is 2.30. The average molecular weight is 330 g/mol. The monoisotopic (exact) mass is 330 g/mol. The van der Waals surface area contributed by atoms with E-state index in [0.717, 1.165) is 17.7 Å². The maximum absolute atomic E-state index is 12.1. The Morgan fingerprint density at radius 1 is 1.04 bits per heavy atom. The molecule has 2 saturated heterocycles. The maximum Gasteiger partial charge on any atom is 0.338 e. The van der Waals surface area contributed by atoms with Gasteiger partial charge in [0.2, 0.25) is 11.8 Å². The summed E-state index contributed by atoms with van der Waals surface area (Å²) in [5, 5.41) is 0. The summed E-state index contributed by atoms with van der Waals surface area (Å²) in [4.78, 5) is 50.3. The van der Waals surface area contributed by atoms with Gasteiger partial charge in [0.25, 0.3) is 5.91 Å². The normalized spacial score (nSPS) is 17.5. The van der Waals surface area contributed by atoms with E-state index in [0.29, 0.717) is 18.8 Å². The summed E-state index contributed by atoms with van der Waals surface area (Å²) in [7, 11) is 0. The highest BCUT2D eigenvalue weighted by Crippen LogP contribution is 2.23. The van der Waals surface area contributed by atoms with Gasteiger partial charge in [0.1, 0.15) is 0 Å². The van der Waals surface area contributed by atoms with Crippen LogP contribution in [-0.4, -0.2) is 48.3 Å². The fraction of sp³-hybridized carbons (Fsp3) is 0.412. The first-order valence-corrected chi connectivity index (χ1v) is 7.97. The summed E-state index contributed by atoms with van der Waals surface area (Å²) < 4.78 is 5.06. The Balaban J connectivity index is 1.65. The molecule has 3 amide bonds. The first-order valence-electron chi connectivity index (χ1n) is 7.97. The number of amides is 3. The quantitative estimate of drug-likeness (QED) is 0.610. The van der Waals surface area contributed by atoms with E-state index in [1.165, 1.54) is 12.1 Å². The minimum absolute atomic E-state index is 0.178. The zero-order valence-corrected chi connectivity index (χ0v) is 13.2. The van der Waals surface area contributed by atoms with E-state index in [2.05, 4.69) is 0 Å². The summed E-state index contributed by atoms with van der Waals surface area (Å²) in [5.41, 5.74) is 0.553. The second-order valence-corrected chi connectivity index (χ2v) is 5.84. The average Bonchev–Trinajstić information content (AvgIpc) is 3.23. The van der Waals surface area contributed by atoms with Gasteiger partial charge in [-0.1, -0.05) is 6.07 Å². The maximum atomic E-state index is 12.1. The number of benzene rings is 1. The van der Waals surface area contributed by atoms with Gasteiger partial charge in [0.05, 0.1) is 11.3 Å². The molecule has 126 valence electrons. The van der Waals surface area contributed by atoms with Crippen molar-refractivity contribution in [1.82, 2.24) is 4.90 Å². The van der Waals surface area contributed by atoms with Crippen LogP contribution >= 0.6 is 0 Å². The van der Waals surface area contributed by atoms with Crippen LogP contribution in [0.15, 0.2) is 24.3 Å². The molecule has 0 atom stereocenters. The van der Waals surface area contributed by atoms with Crippen LogP contribution in [0.1, 0.15) is 36.0 Å². The van der Waals surface area contributed by atoms with Crippen LogP contribution < -0.4 is 4.90 Å². The first-order chi connectivity index (χ1) is 11.6. The highest BCUT2D eigenvalue weighted by atomic mass is 16.5. The van der Waals surface area contributed by atoms with E-state index in [4.69, 9.17) is 4.74 Å². The Bertz CT molecular complexity index is 678. The number of carbonyl (C=O) groups excluding carboxylic acids is 4. The largest absolute Gasteiger partial charge is 0.452 e. The third-order valence-electron chi connectivity index (χ3n) is 4.18. The van der Waals surface area contributed by atoms with Gasteiger partial charge in [-0.25, -0.2) is 4.79 Å². The van der Waals surface area contributed by atoms with Crippen LogP contribution in [0.25, 0.3) is 0 Å². The number of ether oxygens (including phenoxy) is 1. The van der Waals surface area contributed by atoms with Crippen molar-refractivity contribution >= 4 is 29.4 Å². The number of esters is 1.